The molecule has 0 spiro atoms. The van der Waals surface area contributed by atoms with Crippen LogP contribution in [0.4, 0.5) is 11.4 Å². The van der Waals surface area contributed by atoms with E-state index in [0.717, 1.165) is 12.0 Å². The Balaban J connectivity index is 1.95. The molecule has 1 aromatic rings. The van der Waals surface area contributed by atoms with Crippen LogP contribution in [0.1, 0.15) is 44.2 Å². The lowest BCUT2D eigenvalue weighted by molar-refractivity contribution is -0.383. The topological polar surface area (TPSA) is 106 Å². The molecule has 0 aliphatic heterocycles. The van der Waals surface area contributed by atoms with Crippen molar-refractivity contribution in [1.82, 2.24) is 0 Å². The molecule has 1 aromatic carbocycles. The van der Waals surface area contributed by atoms with E-state index in [0.29, 0.717) is 18.4 Å². The summed E-state index contributed by atoms with van der Waals surface area (Å²) in [5, 5.41) is 11.3. The number of nitro benzene ring substituents is 1. The zero-order valence-electron chi connectivity index (χ0n) is 15.5. The maximum absolute atomic E-state index is 12.9. The number of carbonyl (C=O) groups excluding carboxylic acids is 1. The Hall–Kier alpha value is -1.96. The Kier molecular flexibility index (Phi) is 4.18. The number of nitrogens with zero attached hydrogens (tertiary/aromatic N) is 1. The summed E-state index contributed by atoms with van der Waals surface area (Å²) in [6.45, 7) is 7.42. The van der Waals surface area contributed by atoms with Gasteiger partial charge >= 0.3 is 0 Å². The average Bonchev–Trinajstić information content (AvgIpc) is 2.83. The van der Waals surface area contributed by atoms with Crippen molar-refractivity contribution in [1.29, 1.82) is 0 Å². The number of hydrogen-bond donors (Lipinski definition) is 1. The van der Waals surface area contributed by atoms with Crippen LogP contribution < -0.4 is 4.72 Å². The van der Waals surface area contributed by atoms with Crippen molar-refractivity contribution in [2.75, 3.05) is 10.5 Å². The number of hydrogen-bond acceptors (Lipinski definition) is 5. The summed E-state index contributed by atoms with van der Waals surface area (Å²) >= 11 is 0. The number of rotatable bonds is 5. The minimum atomic E-state index is -3.93. The lowest BCUT2D eigenvalue weighted by Crippen LogP contribution is -2.43. The minimum Gasteiger partial charge on any atom is -0.299 e. The van der Waals surface area contributed by atoms with Crippen molar-refractivity contribution in [2.24, 2.45) is 16.7 Å². The Bertz CT molecular complexity index is 906. The second-order valence-electron chi connectivity index (χ2n) is 8.24. The highest BCUT2D eigenvalue weighted by Crippen LogP contribution is 2.64. The number of sulfonamides is 1. The predicted molar refractivity (Wildman–Crippen MR) is 98.5 cm³/mol. The van der Waals surface area contributed by atoms with Crippen LogP contribution in [0.15, 0.2) is 12.1 Å². The van der Waals surface area contributed by atoms with Crippen LogP contribution in [-0.4, -0.2) is 24.9 Å². The third-order valence-electron chi connectivity index (χ3n) is 6.65. The highest BCUT2D eigenvalue weighted by Gasteiger charge is 2.65. The van der Waals surface area contributed by atoms with E-state index in [1.54, 1.807) is 13.8 Å². The van der Waals surface area contributed by atoms with Crippen LogP contribution >= 0.6 is 0 Å². The summed E-state index contributed by atoms with van der Waals surface area (Å²) in [7, 11) is -3.93. The summed E-state index contributed by atoms with van der Waals surface area (Å²) in [4.78, 5) is 23.3. The van der Waals surface area contributed by atoms with E-state index >= 15 is 0 Å². The number of aryl methyl sites for hydroxylation is 2. The van der Waals surface area contributed by atoms with Crippen LogP contribution in [-0.2, 0) is 14.8 Å². The molecular weight excluding hydrogens is 356 g/mol. The van der Waals surface area contributed by atoms with Gasteiger partial charge in [0.25, 0.3) is 5.69 Å². The number of carbonyl (C=O) groups is 1. The van der Waals surface area contributed by atoms with Gasteiger partial charge in [0.1, 0.15) is 11.5 Å². The van der Waals surface area contributed by atoms with E-state index < -0.39 is 20.4 Å². The van der Waals surface area contributed by atoms with E-state index in [4.69, 9.17) is 0 Å². The molecule has 2 saturated carbocycles. The van der Waals surface area contributed by atoms with Gasteiger partial charge in [-0.15, -0.1) is 0 Å². The first kappa shape index (κ1) is 18.8. The molecule has 0 heterocycles. The molecule has 2 aliphatic rings. The van der Waals surface area contributed by atoms with Gasteiger partial charge in [-0.25, -0.2) is 8.42 Å². The van der Waals surface area contributed by atoms with E-state index in [9.17, 15) is 23.3 Å². The summed E-state index contributed by atoms with van der Waals surface area (Å²) < 4.78 is 28.1. The number of benzene rings is 1. The van der Waals surface area contributed by atoms with Crippen molar-refractivity contribution < 1.29 is 18.1 Å². The second-order valence-corrected chi connectivity index (χ2v) is 9.96. The standard InChI is InChI=1S/C18H24N2O5S/c1-11-7-14(15(20(22)23)8-12(11)2)19-26(24,25)10-18-6-5-13(9-16(18)21)17(18,3)4/h7-8,13,19H,5-6,9-10H2,1-4H3/t13-,18+/m0/s1. The normalized spacial score (nSPS) is 26.9. The smallest absolute Gasteiger partial charge is 0.293 e. The molecule has 2 fully saturated rings. The zero-order chi connectivity index (χ0) is 19.5. The lowest BCUT2D eigenvalue weighted by Gasteiger charge is -2.36. The third-order valence-corrected chi connectivity index (χ3v) is 8.05. The Labute approximate surface area is 153 Å². The average molecular weight is 380 g/mol. The fourth-order valence-corrected chi connectivity index (χ4v) is 6.57. The van der Waals surface area contributed by atoms with Crippen LogP contribution in [0.5, 0.6) is 0 Å². The monoisotopic (exact) mass is 380 g/mol. The number of nitrogens with one attached hydrogen (secondary N) is 1. The molecule has 2 atom stereocenters. The second kappa shape index (κ2) is 5.77. The number of fused-ring (bicyclic) bond motifs is 2. The summed E-state index contributed by atoms with van der Waals surface area (Å²) in [5.74, 6) is -0.119. The zero-order valence-corrected chi connectivity index (χ0v) is 16.3. The van der Waals surface area contributed by atoms with Gasteiger partial charge in [-0.1, -0.05) is 13.8 Å². The molecule has 1 N–H and O–H groups in total. The van der Waals surface area contributed by atoms with E-state index in [2.05, 4.69) is 4.72 Å². The number of ketones is 1. The Morgan fingerprint density at radius 1 is 1.27 bits per heavy atom. The molecular formula is C18H24N2O5S. The van der Waals surface area contributed by atoms with Crippen molar-refractivity contribution in [3.63, 3.8) is 0 Å². The van der Waals surface area contributed by atoms with Gasteiger partial charge in [-0.05, 0) is 55.2 Å². The molecule has 0 saturated heterocycles. The maximum Gasteiger partial charge on any atom is 0.293 e. The number of anilines is 1. The van der Waals surface area contributed by atoms with Crippen molar-refractivity contribution in [2.45, 2.75) is 47.0 Å². The highest BCUT2D eigenvalue weighted by molar-refractivity contribution is 7.92. The molecule has 7 nitrogen and oxygen atoms in total. The van der Waals surface area contributed by atoms with E-state index in [1.165, 1.54) is 12.1 Å². The van der Waals surface area contributed by atoms with Crippen LogP contribution in [0.3, 0.4) is 0 Å². The maximum atomic E-state index is 12.9. The van der Waals surface area contributed by atoms with Crippen molar-refractivity contribution in [3.05, 3.63) is 33.4 Å². The molecule has 2 aliphatic carbocycles. The van der Waals surface area contributed by atoms with Gasteiger partial charge in [-0.2, -0.15) is 0 Å². The van der Waals surface area contributed by atoms with Gasteiger partial charge in [0.05, 0.1) is 16.1 Å². The van der Waals surface area contributed by atoms with Crippen LogP contribution in [0.2, 0.25) is 0 Å². The molecule has 26 heavy (non-hydrogen) atoms. The lowest BCUT2D eigenvalue weighted by atomic mass is 9.70. The van der Waals surface area contributed by atoms with Gasteiger partial charge in [0.2, 0.25) is 10.0 Å². The third kappa shape index (κ3) is 2.71. The predicted octanol–water partition coefficient (Wildman–Crippen LogP) is 3.35. The largest absolute Gasteiger partial charge is 0.299 e. The van der Waals surface area contributed by atoms with Crippen LogP contribution in [0, 0.1) is 40.7 Å². The minimum absolute atomic E-state index is 0.00119. The number of Topliss-reactive ketones (excluding diaryl/α,β-unsaturated/α-hetero) is 1. The quantitative estimate of drug-likeness (QED) is 0.623. The van der Waals surface area contributed by atoms with Crippen molar-refractivity contribution >= 4 is 27.2 Å². The highest BCUT2D eigenvalue weighted by atomic mass is 32.2. The fraction of sp³-hybridized carbons (Fsp3) is 0.611. The molecule has 0 radical (unpaired) electrons. The van der Waals surface area contributed by atoms with E-state index in [-0.39, 0.29) is 34.2 Å². The Morgan fingerprint density at radius 2 is 1.88 bits per heavy atom. The molecule has 0 aromatic heterocycles. The van der Waals surface area contributed by atoms with Gasteiger partial charge in [0, 0.05) is 12.5 Å². The fourth-order valence-electron chi connectivity index (χ4n) is 4.67. The molecule has 0 amide bonds. The summed E-state index contributed by atoms with van der Waals surface area (Å²) in [6, 6.07) is 2.84. The van der Waals surface area contributed by atoms with Crippen LogP contribution in [0.25, 0.3) is 0 Å². The molecule has 8 heteroatoms. The first-order valence-corrected chi connectivity index (χ1v) is 10.3. The van der Waals surface area contributed by atoms with Gasteiger partial charge < -0.3 is 0 Å². The molecule has 2 bridgehead atoms. The first-order valence-electron chi connectivity index (χ1n) is 8.69. The van der Waals surface area contributed by atoms with Gasteiger partial charge in [0.15, 0.2) is 0 Å². The van der Waals surface area contributed by atoms with Gasteiger partial charge in [-0.3, -0.25) is 19.6 Å². The van der Waals surface area contributed by atoms with Crippen molar-refractivity contribution in [3.8, 4) is 0 Å². The Morgan fingerprint density at radius 3 is 2.38 bits per heavy atom. The van der Waals surface area contributed by atoms with E-state index in [1.807, 2.05) is 13.8 Å². The summed E-state index contributed by atoms with van der Waals surface area (Å²) in [5.41, 5.74) is -0.150. The first-order chi connectivity index (χ1) is 11.9. The number of nitro groups is 1. The SMILES string of the molecule is Cc1cc(NS(=O)(=O)C[C@]23CC[C@@H](CC2=O)C3(C)C)c([N+](=O)[O-])cc1C. The summed E-state index contributed by atoms with van der Waals surface area (Å²) in [6.07, 6.45) is 1.82. The molecule has 0 unspecified atom stereocenters. The molecule has 3 rings (SSSR count). The molecule has 142 valence electrons.